The molecule has 0 saturated heterocycles. The van der Waals surface area contributed by atoms with Crippen LogP contribution in [0.4, 0.5) is 0 Å². The van der Waals surface area contributed by atoms with Crippen molar-refractivity contribution in [3.8, 4) is 0 Å². The Labute approximate surface area is 121 Å². The normalized spacial score (nSPS) is 12.3. The molecule has 2 aromatic heterocycles. The van der Waals surface area contributed by atoms with Gasteiger partial charge in [0, 0.05) is 16.2 Å². The zero-order valence-corrected chi connectivity index (χ0v) is 13.7. The van der Waals surface area contributed by atoms with E-state index in [0.29, 0.717) is 11.6 Å². The number of aromatic nitrogens is 2. The Bertz CT molecular complexity index is 664. The topological polar surface area (TPSA) is 59.9 Å². The van der Waals surface area contributed by atoms with Gasteiger partial charge in [-0.1, -0.05) is 13.8 Å². The van der Waals surface area contributed by atoms with E-state index in [2.05, 4.69) is 9.97 Å². The van der Waals surface area contributed by atoms with Gasteiger partial charge in [-0.2, -0.15) is 0 Å². The van der Waals surface area contributed by atoms with E-state index in [4.69, 9.17) is 0 Å². The lowest BCUT2D eigenvalue weighted by Gasteiger charge is -1.98. The molecule has 0 aliphatic rings. The number of hydrogen-bond donors (Lipinski definition) is 0. The van der Waals surface area contributed by atoms with E-state index in [9.17, 15) is 8.42 Å². The lowest BCUT2D eigenvalue weighted by atomic mass is 10.2. The molecule has 0 N–H and O–H groups in total. The van der Waals surface area contributed by atoms with Crippen LogP contribution in [-0.4, -0.2) is 18.4 Å². The van der Waals surface area contributed by atoms with Gasteiger partial charge < -0.3 is 0 Å². The summed E-state index contributed by atoms with van der Waals surface area (Å²) >= 11 is 2.74. The van der Waals surface area contributed by atoms with Gasteiger partial charge in [0.1, 0.15) is 5.75 Å². The molecule has 2 heterocycles. The molecule has 0 radical (unpaired) electrons. The number of thiazole rings is 2. The predicted molar refractivity (Wildman–Crippen MR) is 78.7 cm³/mol. The standard InChI is InChI=1S/C12H16N2O2S3/c1-7(2)11-14-10(5-17-11)6-19(15,16)12-13-8(3)9(4)18-12/h5,7H,6H2,1-4H3. The Balaban J connectivity index is 2.25. The minimum Gasteiger partial charge on any atom is -0.245 e. The molecule has 0 bridgehead atoms. The summed E-state index contributed by atoms with van der Waals surface area (Å²) in [6.07, 6.45) is 0. The van der Waals surface area contributed by atoms with E-state index in [1.165, 1.54) is 22.7 Å². The van der Waals surface area contributed by atoms with Crippen molar-refractivity contribution >= 4 is 32.5 Å². The number of sulfone groups is 1. The smallest absolute Gasteiger partial charge is 0.211 e. The van der Waals surface area contributed by atoms with Crippen LogP contribution in [0.15, 0.2) is 9.72 Å². The molecular weight excluding hydrogens is 300 g/mol. The summed E-state index contributed by atoms with van der Waals surface area (Å²) in [4.78, 5) is 9.44. The van der Waals surface area contributed by atoms with Crippen molar-refractivity contribution in [3.63, 3.8) is 0 Å². The van der Waals surface area contributed by atoms with Gasteiger partial charge in [0.2, 0.25) is 14.2 Å². The van der Waals surface area contributed by atoms with Crippen LogP contribution in [0.1, 0.15) is 41.0 Å². The average molecular weight is 316 g/mol. The van der Waals surface area contributed by atoms with E-state index in [1.807, 2.05) is 33.1 Å². The molecule has 0 spiro atoms. The molecule has 0 aliphatic carbocycles. The van der Waals surface area contributed by atoms with Gasteiger partial charge in [0.25, 0.3) is 0 Å². The van der Waals surface area contributed by atoms with Crippen LogP contribution in [0, 0.1) is 13.8 Å². The van der Waals surface area contributed by atoms with Crippen molar-refractivity contribution in [1.82, 2.24) is 9.97 Å². The first-order valence-corrected chi connectivity index (χ1v) is 9.25. The van der Waals surface area contributed by atoms with Crippen molar-refractivity contribution in [2.45, 2.75) is 43.7 Å². The highest BCUT2D eigenvalue weighted by Crippen LogP contribution is 2.26. The Morgan fingerprint density at radius 2 is 1.95 bits per heavy atom. The first-order chi connectivity index (χ1) is 8.79. The van der Waals surface area contributed by atoms with E-state index < -0.39 is 9.84 Å². The number of aryl methyl sites for hydroxylation is 2. The third-order valence-electron chi connectivity index (χ3n) is 2.68. The second kappa shape index (κ2) is 5.30. The SMILES string of the molecule is Cc1nc(S(=O)(=O)Cc2csc(C(C)C)n2)sc1C. The maximum atomic E-state index is 12.3. The molecule has 4 nitrogen and oxygen atoms in total. The summed E-state index contributed by atoms with van der Waals surface area (Å²) < 4.78 is 24.7. The van der Waals surface area contributed by atoms with Crippen molar-refractivity contribution in [1.29, 1.82) is 0 Å². The second-order valence-corrected chi connectivity index (χ2v) is 8.97. The summed E-state index contributed by atoms with van der Waals surface area (Å²) in [5.74, 6) is 0.258. The van der Waals surface area contributed by atoms with Crippen LogP contribution in [0.5, 0.6) is 0 Å². The van der Waals surface area contributed by atoms with E-state index in [0.717, 1.165) is 15.6 Å². The fourth-order valence-electron chi connectivity index (χ4n) is 1.49. The molecule has 0 saturated carbocycles. The quantitative estimate of drug-likeness (QED) is 0.868. The van der Waals surface area contributed by atoms with Gasteiger partial charge >= 0.3 is 0 Å². The minimum absolute atomic E-state index is 0.0669. The van der Waals surface area contributed by atoms with Crippen molar-refractivity contribution in [3.05, 3.63) is 26.7 Å². The zero-order valence-electron chi connectivity index (χ0n) is 11.3. The molecule has 0 amide bonds. The maximum absolute atomic E-state index is 12.3. The van der Waals surface area contributed by atoms with Gasteiger partial charge in [-0.15, -0.1) is 22.7 Å². The van der Waals surface area contributed by atoms with Crippen LogP contribution in [-0.2, 0) is 15.6 Å². The second-order valence-electron chi connectivity index (χ2n) is 4.71. The van der Waals surface area contributed by atoms with Gasteiger partial charge in [-0.05, 0) is 13.8 Å². The first-order valence-electron chi connectivity index (χ1n) is 5.90. The fraction of sp³-hybridized carbons (Fsp3) is 0.500. The largest absolute Gasteiger partial charge is 0.245 e. The van der Waals surface area contributed by atoms with E-state index >= 15 is 0 Å². The molecule has 0 unspecified atom stereocenters. The molecule has 7 heteroatoms. The molecular formula is C12H16N2O2S3. The predicted octanol–water partition coefficient (Wildman–Crippen LogP) is 3.31. The summed E-state index contributed by atoms with van der Waals surface area (Å²) in [5, 5.41) is 2.79. The van der Waals surface area contributed by atoms with Crippen LogP contribution in [0.2, 0.25) is 0 Å². The molecule has 0 aliphatic heterocycles. The Hall–Kier alpha value is -0.790. The number of hydrogen-bond acceptors (Lipinski definition) is 6. The monoisotopic (exact) mass is 316 g/mol. The van der Waals surface area contributed by atoms with Crippen LogP contribution < -0.4 is 0 Å². The lowest BCUT2D eigenvalue weighted by molar-refractivity contribution is 0.593. The fourth-order valence-corrected chi connectivity index (χ4v) is 5.06. The number of rotatable bonds is 4. The lowest BCUT2D eigenvalue weighted by Crippen LogP contribution is -2.05. The Morgan fingerprint density at radius 3 is 2.42 bits per heavy atom. The Morgan fingerprint density at radius 1 is 1.26 bits per heavy atom. The summed E-state index contributed by atoms with van der Waals surface area (Å²) in [6.45, 7) is 7.80. The maximum Gasteiger partial charge on any atom is 0.211 e. The van der Waals surface area contributed by atoms with E-state index in [-0.39, 0.29) is 10.1 Å². The van der Waals surface area contributed by atoms with Gasteiger partial charge in [0.15, 0.2) is 0 Å². The highest BCUT2D eigenvalue weighted by Gasteiger charge is 2.22. The molecule has 0 fully saturated rings. The Kier molecular flexibility index (Phi) is 4.08. The third-order valence-corrected chi connectivity index (χ3v) is 7.05. The minimum atomic E-state index is -3.38. The summed E-state index contributed by atoms with van der Waals surface area (Å²) in [7, 11) is -3.38. The molecule has 104 valence electrons. The first kappa shape index (κ1) is 14.6. The van der Waals surface area contributed by atoms with Crippen LogP contribution in [0.25, 0.3) is 0 Å². The van der Waals surface area contributed by atoms with Gasteiger partial charge in [0.05, 0.1) is 16.4 Å². The summed E-state index contributed by atoms with van der Waals surface area (Å²) in [6, 6.07) is 0. The van der Waals surface area contributed by atoms with Crippen molar-refractivity contribution < 1.29 is 8.42 Å². The molecule has 19 heavy (non-hydrogen) atoms. The molecule has 0 atom stereocenters. The van der Waals surface area contributed by atoms with Crippen molar-refractivity contribution in [2.24, 2.45) is 0 Å². The molecule has 2 aromatic rings. The molecule has 0 aromatic carbocycles. The van der Waals surface area contributed by atoms with Crippen LogP contribution in [0.3, 0.4) is 0 Å². The number of nitrogens with zero attached hydrogens (tertiary/aromatic N) is 2. The third kappa shape index (κ3) is 3.21. The highest BCUT2D eigenvalue weighted by molar-refractivity contribution is 7.92. The van der Waals surface area contributed by atoms with Gasteiger partial charge in [-0.3, -0.25) is 0 Å². The molecule has 2 rings (SSSR count). The van der Waals surface area contributed by atoms with Crippen molar-refractivity contribution in [2.75, 3.05) is 0 Å². The average Bonchev–Trinajstić information content (AvgIpc) is 2.87. The van der Waals surface area contributed by atoms with E-state index in [1.54, 1.807) is 0 Å². The van der Waals surface area contributed by atoms with Gasteiger partial charge in [-0.25, -0.2) is 18.4 Å². The van der Waals surface area contributed by atoms with Crippen LogP contribution >= 0.6 is 22.7 Å². The zero-order chi connectivity index (χ0) is 14.2. The summed E-state index contributed by atoms with van der Waals surface area (Å²) in [5.41, 5.74) is 1.39. The highest BCUT2D eigenvalue weighted by atomic mass is 32.2.